The van der Waals surface area contributed by atoms with Gasteiger partial charge in [-0.25, -0.2) is 0 Å². The van der Waals surface area contributed by atoms with Gasteiger partial charge < -0.3 is 29.4 Å². The molecule has 6 rings (SSSR count). The fraction of sp³-hybridized carbons (Fsp3) is 0.500. The van der Waals surface area contributed by atoms with Crippen molar-refractivity contribution in [3.63, 3.8) is 0 Å². The Morgan fingerprint density at radius 2 is 1.57 bits per heavy atom. The Hall–Kier alpha value is -3.95. The Balaban J connectivity index is 1.44. The Morgan fingerprint density at radius 1 is 0.894 bits per heavy atom. The molecule has 3 amide bonds. The van der Waals surface area contributed by atoms with Gasteiger partial charge in [0.2, 0.25) is 11.8 Å². The number of benzene rings is 2. The maximum absolute atomic E-state index is 15.0. The second-order valence-electron chi connectivity index (χ2n) is 13.5. The molecule has 0 aliphatic carbocycles. The van der Waals surface area contributed by atoms with E-state index in [1.165, 1.54) is 0 Å². The first-order valence-corrected chi connectivity index (χ1v) is 17.1. The maximum atomic E-state index is 15.0. The van der Waals surface area contributed by atoms with Crippen molar-refractivity contribution in [2.24, 2.45) is 17.8 Å². The van der Waals surface area contributed by atoms with Gasteiger partial charge in [0.1, 0.15) is 11.6 Å². The van der Waals surface area contributed by atoms with Crippen molar-refractivity contribution in [2.75, 3.05) is 42.6 Å². The van der Waals surface area contributed by atoms with Gasteiger partial charge in [0.15, 0.2) is 0 Å². The van der Waals surface area contributed by atoms with E-state index in [2.05, 4.69) is 18.7 Å². The van der Waals surface area contributed by atoms with E-state index in [1.54, 1.807) is 14.7 Å². The number of carbonyl (C=O) groups excluding carboxylic acids is 3. The lowest BCUT2D eigenvalue weighted by Gasteiger charge is -2.41. The molecule has 4 heterocycles. The summed E-state index contributed by atoms with van der Waals surface area (Å²) >= 11 is 0. The van der Waals surface area contributed by atoms with E-state index in [0.29, 0.717) is 19.5 Å². The summed E-state index contributed by atoms with van der Waals surface area (Å²) in [7, 11) is 0. The van der Waals surface area contributed by atoms with Crippen LogP contribution < -0.4 is 9.80 Å². The summed E-state index contributed by atoms with van der Waals surface area (Å²) in [6.45, 7) is 12.6. The number of hydrogen-bond donors (Lipinski definition) is 1. The zero-order valence-electron chi connectivity index (χ0n) is 28.2. The Labute approximate surface area is 278 Å². The van der Waals surface area contributed by atoms with Gasteiger partial charge in [-0.3, -0.25) is 14.4 Å². The second kappa shape index (κ2) is 12.9. The molecule has 4 aliphatic heterocycles. The van der Waals surface area contributed by atoms with Gasteiger partial charge >= 0.3 is 0 Å². The molecular formula is C38H48N4O5. The molecule has 2 saturated heterocycles. The summed E-state index contributed by atoms with van der Waals surface area (Å²) in [6.07, 6.45) is 8.33. The first-order valence-electron chi connectivity index (χ1n) is 17.1. The quantitative estimate of drug-likeness (QED) is 0.387. The number of aliphatic hydroxyl groups excluding tert-OH is 1. The van der Waals surface area contributed by atoms with Crippen LogP contribution in [0.3, 0.4) is 0 Å². The minimum absolute atomic E-state index is 0.0904. The lowest BCUT2D eigenvalue weighted by molar-refractivity contribution is -0.152. The number of rotatable bonds is 10. The lowest BCUT2D eigenvalue weighted by Crippen LogP contribution is -2.60. The van der Waals surface area contributed by atoms with Crippen molar-refractivity contribution in [1.82, 2.24) is 9.80 Å². The predicted molar refractivity (Wildman–Crippen MR) is 183 cm³/mol. The van der Waals surface area contributed by atoms with Crippen LogP contribution in [0.2, 0.25) is 0 Å². The first-order chi connectivity index (χ1) is 22.6. The number of fused-ring (bicyclic) bond motifs is 2. The standard InChI is InChI=1S/C38H48N4O5/c1-6-26(4)30(25-43)42-33-36(46)41(29-18-16-28(17-19-29)39(7-2)8-3)23-13-21-38(33)32(35(42)45)31-34(44)40(22-12-20-37(31,5)47-38)24-27-14-10-9-11-15-27/h9-21,26,30-33,43H,6-8,22-25H2,1-5H3/t26-,30-,31+,32-,33?,37-,38-/m0/s1. The van der Waals surface area contributed by atoms with Gasteiger partial charge in [-0.1, -0.05) is 74.9 Å². The Kier molecular flexibility index (Phi) is 9.06. The Bertz CT molecular complexity index is 1540. The van der Waals surface area contributed by atoms with Crippen LogP contribution in [0.15, 0.2) is 78.9 Å². The molecule has 47 heavy (non-hydrogen) atoms. The molecule has 2 fully saturated rings. The largest absolute Gasteiger partial charge is 0.394 e. The summed E-state index contributed by atoms with van der Waals surface area (Å²) in [5.74, 6) is -2.64. The molecule has 7 atom stereocenters. The third kappa shape index (κ3) is 5.37. The van der Waals surface area contributed by atoms with Crippen molar-refractivity contribution in [1.29, 1.82) is 0 Å². The van der Waals surface area contributed by atoms with Gasteiger partial charge in [0.05, 0.1) is 30.1 Å². The van der Waals surface area contributed by atoms with Crippen LogP contribution in [0, 0.1) is 17.8 Å². The van der Waals surface area contributed by atoms with E-state index in [9.17, 15) is 19.5 Å². The molecule has 4 aliphatic rings. The number of hydrogen-bond acceptors (Lipinski definition) is 6. The summed E-state index contributed by atoms with van der Waals surface area (Å²) in [5.41, 5.74) is 0.285. The van der Waals surface area contributed by atoms with Gasteiger partial charge in [-0.15, -0.1) is 0 Å². The van der Waals surface area contributed by atoms with E-state index in [4.69, 9.17) is 4.74 Å². The van der Waals surface area contributed by atoms with Crippen molar-refractivity contribution in [2.45, 2.75) is 70.9 Å². The fourth-order valence-corrected chi connectivity index (χ4v) is 8.29. The van der Waals surface area contributed by atoms with Crippen LogP contribution >= 0.6 is 0 Å². The van der Waals surface area contributed by atoms with Crippen molar-refractivity contribution >= 4 is 29.1 Å². The average Bonchev–Trinajstić information content (AvgIpc) is 3.35. The van der Waals surface area contributed by atoms with Crippen LogP contribution in [0.5, 0.6) is 0 Å². The summed E-state index contributed by atoms with van der Waals surface area (Å²) < 4.78 is 7.02. The second-order valence-corrected chi connectivity index (χ2v) is 13.5. The van der Waals surface area contributed by atoms with Gasteiger partial charge in [-0.2, -0.15) is 0 Å². The normalized spacial score (nSPS) is 29.7. The fourth-order valence-electron chi connectivity index (χ4n) is 8.29. The molecule has 2 aromatic carbocycles. The van der Waals surface area contributed by atoms with E-state index in [-0.39, 0.29) is 36.8 Å². The number of aliphatic hydroxyl groups is 1. The van der Waals surface area contributed by atoms with Crippen molar-refractivity contribution in [3.05, 3.63) is 84.5 Å². The number of likely N-dealkylation sites (tertiary alicyclic amines) is 1. The highest BCUT2D eigenvalue weighted by Gasteiger charge is 2.75. The molecule has 1 unspecified atom stereocenters. The third-order valence-electron chi connectivity index (χ3n) is 10.9. The van der Waals surface area contributed by atoms with Gasteiger partial charge in [-0.05, 0) is 56.5 Å². The highest BCUT2D eigenvalue weighted by atomic mass is 16.5. The van der Waals surface area contributed by atoms with Crippen LogP contribution in [0.25, 0.3) is 0 Å². The maximum Gasteiger partial charge on any atom is 0.253 e. The lowest BCUT2D eigenvalue weighted by atomic mass is 9.74. The summed E-state index contributed by atoms with van der Waals surface area (Å²) in [4.78, 5) is 51.7. The van der Waals surface area contributed by atoms with Gasteiger partial charge in [0, 0.05) is 44.1 Å². The van der Waals surface area contributed by atoms with Crippen molar-refractivity contribution < 1.29 is 24.2 Å². The number of amides is 3. The number of ether oxygens (including phenoxy) is 1. The minimum Gasteiger partial charge on any atom is -0.394 e. The highest BCUT2D eigenvalue weighted by Crippen LogP contribution is 2.58. The molecule has 0 saturated carbocycles. The van der Waals surface area contributed by atoms with E-state index in [1.807, 2.05) is 99.7 Å². The monoisotopic (exact) mass is 640 g/mol. The topological polar surface area (TPSA) is 93.6 Å². The first kappa shape index (κ1) is 33.0. The predicted octanol–water partition coefficient (Wildman–Crippen LogP) is 4.41. The molecule has 0 bridgehead atoms. The van der Waals surface area contributed by atoms with Crippen LogP contribution in [-0.4, -0.2) is 88.7 Å². The van der Waals surface area contributed by atoms with E-state index in [0.717, 1.165) is 30.0 Å². The third-order valence-corrected chi connectivity index (χ3v) is 10.9. The molecule has 2 aromatic rings. The Morgan fingerprint density at radius 3 is 2.21 bits per heavy atom. The number of anilines is 2. The molecule has 1 N–H and O–H groups in total. The smallest absolute Gasteiger partial charge is 0.253 e. The molecular weight excluding hydrogens is 592 g/mol. The molecule has 9 heteroatoms. The summed E-state index contributed by atoms with van der Waals surface area (Å²) in [6, 6.07) is 16.1. The summed E-state index contributed by atoms with van der Waals surface area (Å²) in [5, 5.41) is 10.7. The minimum atomic E-state index is -1.39. The van der Waals surface area contributed by atoms with Crippen LogP contribution in [0.1, 0.15) is 46.6 Å². The zero-order valence-corrected chi connectivity index (χ0v) is 28.2. The van der Waals surface area contributed by atoms with Gasteiger partial charge in [0.25, 0.3) is 5.91 Å². The van der Waals surface area contributed by atoms with Crippen LogP contribution in [-0.2, 0) is 25.7 Å². The van der Waals surface area contributed by atoms with Crippen LogP contribution in [0.4, 0.5) is 11.4 Å². The number of carbonyl (C=O) groups is 3. The highest BCUT2D eigenvalue weighted by molar-refractivity contribution is 6.06. The molecule has 9 nitrogen and oxygen atoms in total. The number of nitrogens with zero attached hydrogens (tertiary/aromatic N) is 4. The van der Waals surface area contributed by atoms with E-state index >= 15 is 0 Å². The molecule has 1 spiro atoms. The zero-order chi connectivity index (χ0) is 33.5. The van der Waals surface area contributed by atoms with Crippen molar-refractivity contribution in [3.8, 4) is 0 Å². The van der Waals surface area contributed by atoms with E-state index < -0.39 is 35.1 Å². The molecule has 0 aromatic heterocycles. The molecule has 250 valence electrons. The molecule has 0 radical (unpaired) electrons. The average molecular weight is 641 g/mol. The SMILES string of the molecule is CC[C@H](C)[C@H](CO)N1C(=O)[C@@H]2[C@@H]3C(=O)N(Cc4ccccc4)CC=C[C@]3(C)O[C@@]23C=CCN(c2ccc(N(CC)CC)cc2)C(=O)C13.